The first-order chi connectivity index (χ1) is 11.6. The van der Waals surface area contributed by atoms with Crippen LogP contribution in [0.5, 0.6) is 0 Å². The van der Waals surface area contributed by atoms with Crippen LogP contribution in [0.4, 0.5) is 0 Å². The van der Waals surface area contributed by atoms with Gasteiger partial charge < -0.3 is 14.8 Å². The molecule has 1 aromatic heterocycles. The predicted molar refractivity (Wildman–Crippen MR) is 89.4 cm³/mol. The summed E-state index contributed by atoms with van der Waals surface area (Å²) >= 11 is 0. The molecule has 1 aromatic carbocycles. The minimum absolute atomic E-state index is 0.144. The van der Waals surface area contributed by atoms with E-state index in [4.69, 9.17) is 9.52 Å². The number of oxazole rings is 1. The van der Waals surface area contributed by atoms with Crippen molar-refractivity contribution in [1.82, 2.24) is 10.3 Å². The standard InChI is InChI=1S/C18H22N2O4/c1-2-3-9-14(18(22)23)20-16(21)10-11-17-19-12-15(24-17)13-7-5-4-6-8-13/h4-8,12,14H,2-3,9-11H2,1H3,(H,20,21)(H,22,23). The number of carboxylic acids is 1. The van der Waals surface area contributed by atoms with Crippen molar-refractivity contribution < 1.29 is 19.1 Å². The first kappa shape index (κ1) is 17.7. The molecule has 0 bridgehead atoms. The van der Waals surface area contributed by atoms with Crippen molar-refractivity contribution >= 4 is 11.9 Å². The van der Waals surface area contributed by atoms with Crippen molar-refractivity contribution in [2.75, 3.05) is 0 Å². The molecule has 0 aliphatic heterocycles. The van der Waals surface area contributed by atoms with Crippen LogP contribution < -0.4 is 5.32 Å². The molecule has 0 fully saturated rings. The molecule has 2 aromatic rings. The fraction of sp³-hybridized carbons (Fsp3) is 0.389. The van der Waals surface area contributed by atoms with Gasteiger partial charge in [0.2, 0.25) is 5.91 Å². The number of hydrogen-bond acceptors (Lipinski definition) is 4. The van der Waals surface area contributed by atoms with Crippen LogP contribution in [0.15, 0.2) is 40.9 Å². The second-order valence-corrected chi connectivity index (χ2v) is 5.58. The third kappa shape index (κ3) is 5.22. The van der Waals surface area contributed by atoms with E-state index in [9.17, 15) is 9.59 Å². The van der Waals surface area contributed by atoms with E-state index in [2.05, 4.69) is 10.3 Å². The summed E-state index contributed by atoms with van der Waals surface area (Å²) < 4.78 is 5.63. The number of amides is 1. The molecule has 128 valence electrons. The quantitative estimate of drug-likeness (QED) is 0.737. The number of benzene rings is 1. The average molecular weight is 330 g/mol. The highest BCUT2D eigenvalue weighted by molar-refractivity contribution is 5.83. The number of aromatic nitrogens is 1. The van der Waals surface area contributed by atoms with Crippen LogP contribution in [0.1, 0.15) is 38.5 Å². The van der Waals surface area contributed by atoms with Crippen molar-refractivity contribution in [2.45, 2.75) is 45.1 Å². The Bertz CT molecular complexity index is 667. The Labute approximate surface area is 140 Å². The van der Waals surface area contributed by atoms with Gasteiger partial charge in [-0.2, -0.15) is 0 Å². The highest BCUT2D eigenvalue weighted by Crippen LogP contribution is 2.20. The maximum absolute atomic E-state index is 11.9. The Morgan fingerprint density at radius 2 is 2.04 bits per heavy atom. The van der Waals surface area contributed by atoms with Gasteiger partial charge in [0.1, 0.15) is 6.04 Å². The zero-order valence-corrected chi connectivity index (χ0v) is 13.7. The third-order valence-electron chi connectivity index (χ3n) is 3.66. The van der Waals surface area contributed by atoms with Crippen molar-refractivity contribution in [3.63, 3.8) is 0 Å². The Balaban J connectivity index is 1.85. The van der Waals surface area contributed by atoms with Gasteiger partial charge in [0, 0.05) is 18.4 Å². The summed E-state index contributed by atoms with van der Waals surface area (Å²) in [6.07, 6.45) is 4.19. The maximum atomic E-state index is 11.9. The van der Waals surface area contributed by atoms with E-state index in [-0.39, 0.29) is 12.3 Å². The fourth-order valence-corrected chi connectivity index (χ4v) is 2.31. The zero-order valence-electron chi connectivity index (χ0n) is 13.7. The minimum atomic E-state index is -1.00. The second kappa shape index (κ2) is 8.86. The Morgan fingerprint density at radius 3 is 2.71 bits per heavy atom. The predicted octanol–water partition coefficient (Wildman–Crippen LogP) is 3.03. The van der Waals surface area contributed by atoms with Gasteiger partial charge in [-0.25, -0.2) is 9.78 Å². The van der Waals surface area contributed by atoms with Crippen LogP contribution in [0, 0.1) is 0 Å². The molecule has 6 heteroatoms. The maximum Gasteiger partial charge on any atom is 0.326 e. The summed E-state index contributed by atoms with van der Waals surface area (Å²) in [6.45, 7) is 1.98. The molecule has 2 rings (SSSR count). The van der Waals surface area contributed by atoms with Gasteiger partial charge in [-0.05, 0) is 6.42 Å². The van der Waals surface area contributed by atoms with Crippen molar-refractivity contribution in [2.24, 2.45) is 0 Å². The van der Waals surface area contributed by atoms with E-state index in [1.165, 1.54) is 0 Å². The van der Waals surface area contributed by atoms with Gasteiger partial charge in [-0.1, -0.05) is 50.1 Å². The molecule has 0 spiro atoms. The highest BCUT2D eigenvalue weighted by atomic mass is 16.4. The number of aliphatic carboxylic acids is 1. The first-order valence-corrected chi connectivity index (χ1v) is 8.12. The lowest BCUT2D eigenvalue weighted by Crippen LogP contribution is -2.40. The Kier molecular flexibility index (Phi) is 6.54. The summed E-state index contributed by atoms with van der Waals surface area (Å²) in [6, 6.07) is 8.75. The summed E-state index contributed by atoms with van der Waals surface area (Å²) in [5.74, 6) is -0.195. The van der Waals surface area contributed by atoms with Crippen molar-refractivity contribution in [3.8, 4) is 11.3 Å². The fourth-order valence-electron chi connectivity index (χ4n) is 2.31. The lowest BCUT2D eigenvalue weighted by molar-refractivity contribution is -0.142. The molecule has 0 saturated carbocycles. The lowest BCUT2D eigenvalue weighted by Gasteiger charge is -2.13. The Morgan fingerprint density at radius 1 is 1.29 bits per heavy atom. The molecule has 1 amide bonds. The van der Waals surface area contributed by atoms with Crippen LogP contribution in [-0.4, -0.2) is 28.0 Å². The molecule has 24 heavy (non-hydrogen) atoms. The van der Waals surface area contributed by atoms with E-state index < -0.39 is 12.0 Å². The molecule has 1 heterocycles. The number of carboxylic acid groups (broad SMARTS) is 1. The number of unbranched alkanes of at least 4 members (excludes halogenated alkanes) is 1. The monoisotopic (exact) mass is 330 g/mol. The molecule has 0 radical (unpaired) electrons. The molecular weight excluding hydrogens is 308 g/mol. The number of nitrogens with one attached hydrogen (secondary N) is 1. The average Bonchev–Trinajstić information content (AvgIpc) is 3.06. The van der Waals surface area contributed by atoms with Crippen LogP contribution >= 0.6 is 0 Å². The third-order valence-corrected chi connectivity index (χ3v) is 3.66. The second-order valence-electron chi connectivity index (χ2n) is 5.58. The van der Waals surface area contributed by atoms with Gasteiger partial charge in [0.25, 0.3) is 0 Å². The Hall–Kier alpha value is -2.63. The summed E-state index contributed by atoms with van der Waals surface area (Å²) in [5, 5.41) is 11.7. The number of rotatable bonds is 9. The topological polar surface area (TPSA) is 92.4 Å². The van der Waals surface area contributed by atoms with Gasteiger partial charge in [0.15, 0.2) is 11.7 Å². The van der Waals surface area contributed by atoms with Crippen LogP contribution in [0.3, 0.4) is 0 Å². The van der Waals surface area contributed by atoms with Gasteiger partial charge in [-0.15, -0.1) is 0 Å². The van der Waals surface area contributed by atoms with E-state index in [1.54, 1.807) is 6.20 Å². The summed E-state index contributed by atoms with van der Waals surface area (Å²) in [4.78, 5) is 27.2. The van der Waals surface area contributed by atoms with E-state index >= 15 is 0 Å². The number of hydrogen-bond donors (Lipinski definition) is 2. The van der Waals surface area contributed by atoms with Crippen molar-refractivity contribution in [3.05, 3.63) is 42.4 Å². The largest absolute Gasteiger partial charge is 0.480 e. The normalized spacial score (nSPS) is 11.9. The number of carbonyl (C=O) groups excluding carboxylic acids is 1. The lowest BCUT2D eigenvalue weighted by atomic mass is 10.1. The highest BCUT2D eigenvalue weighted by Gasteiger charge is 2.19. The molecule has 1 unspecified atom stereocenters. The molecule has 6 nitrogen and oxygen atoms in total. The van der Waals surface area contributed by atoms with E-state index in [1.807, 2.05) is 37.3 Å². The summed E-state index contributed by atoms with van der Waals surface area (Å²) in [5.41, 5.74) is 0.922. The van der Waals surface area contributed by atoms with Gasteiger partial charge in [0.05, 0.1) is 6.20 Å². The van der Waals surface area contributed by atoms with Crippen molar-refractivity contribution in [1.29, 1.82) is 0 Å². The molecular formula is C18H22N2O4. The first-order valence-electron chi connectivity index (χ1n) is 8.12. The molecule has 1 atom stereocenters. The molecule has 2 N–H and O–H groups in total. The number of carbonyl (C=O) groups is 2. The van der Waals surface area contributed by atoms with Gasteiger partial charge >= 0.3 is 5.97 Å². The van der Waals surface area contributed by atoms with Gasteiger partial charge in [-0.3, -0.25) is 4.79 Å². The SMILES string of the molecule is CCCCC(NC(=O)CCc1ncc(-c2ccccc2)o1)C(=O)O. The summed E-state index contributed by atoms with van der Waals surface area (Å²) in [7, 11) is 0. The number of nitrogens with zero attached hydrogens (tertiary/aromatic N) is 1. The number of aryl methyl sites for hydroxylation is 1. The zero-order chi connectivity index (χ0) is 17.4. The van der Waals surface area contributed by atoms with Crippen LogP contribution in [-0.2, 0) is 16.0 Å². The molecule has 0 aliphatic carbocycles. The smallest absolute Gasteiger partial charge is 0.326 e. The molecule has 0 saturated heterocycles. The minimum Gasteiger partial charge on any atom is -0.480 e. The molecule has 0 aliphatic rings. The van der Waals surface area contributed by atoms with E-state index in [0.29, 0.717) is 24.5 Å². The van der Waals surface area contributed by atoms with Crippen LogP contribution in [0.2, 0.25) is 0 Å². The van der Waals surface area contributed by atoms with Crippen LogP contribution in [0.25, 0.3) is 11.3 Å². The van der Waals surface area contributed by atoms with E-state index in [0.717, 1.165) is 18.4 Å².